The average molecular weight is 306 g/mol. The molecule has 6 nitrogen and oxygen atoms in total. The first-order chi connectivity index (χ1) is 10.1. The Balaban J connectivity index is 2.21. The summed E-state index contributed by atoms with van der Waals surface area (Å²) in [5.74, 6) is -0.994. The largest absolute Gasteiger partial charge is 0.462 e. The number of ether oxygens (including phenoxy) is 1. The van der Waals surface area contributed by atoms with E-state index in [1.54, 1.807) is 31.2 Å². The van der Waals surface area contributed by atoms with Crippen LogP contribution in [0, 0.1) is 0 Å². The topological polar surface area (TPSA) is 81.2 Å². The molecule has 1 N–H and O–H groups in total. The van der Waals surface area contributed by atoms with Gasteiger partial charge in [0, 0.05) is 0 Å². The molecule has 1 amide bonds. The highest BCUT2D eigenvalue weighted by atomic mass is 35.5. The first-order valence-electron chi connectivity index (χ1n) is 6.18. The summed E-state index contributed by atoms with van der Waals surface area (Å²) >= 11 is 5.61. The third-order valence-corrected chi connectivity index (χ3v) is 2.74. The fraction of sp³-hybridized carbons (Fsp3) is 0.143. The molecule has 1 aromatic heterocycles. The number of carbonyl (C=O) groups is 2. The van der Waals surface area contributed by atoms with E-state index in [-0.39, 0.29) is 23.0 Å². The average Bonchev–Trinajstić information content (AvgIpc) is 2.48. The van der Waals surface area contributed by atoms with Crippen LogP contribution in [0.15, 0.2) is 36.4 Å². The van der Waals surface area contributed by atoms with Crippen molar-refractivity contribution < 1.29 is 14.3 Å². The number of nitrogens with one attached hydrogen (secondary N) is 1. The lowest BCUT2D eigenvalue weighted by Gasteiger charge is -2.09. The number of benzene rings is 1. The Kier molecular flexibility index (Phi) is 4.84. The molecule has 0 aliphatic rings. The normalized spacial score (nSPS) is 10.0. The fourth-order valence-electron chi connectivity index (χ4n) is 1.60. The van der Waals surface area contributed by atoms with Gasteiger partial charge in [0.25, 0.3) is 5.91 Å². The van der Waals surface area contributed by atoms with Gasteiger partial charge in [-0.05, 0) is 31.2 Å². The Labute approximate surface area is 126 Å². The van der Waals surface area contributed by atoms with Gasteiger partial charge in [0.15, 0.2) is 10.8 Å². The molecule has 0 bridgehead atoms. The quantitative estimate of drug-likeness (QED) is 0.878. The highest BCUT2D eigenvalue weighted by molar-refractivity contribution is 6.29. The summed E-state index contributed by atoms with van der Waals surface area (Å²) in [7, 11) is 0. The van der Waals surface area contributed by atoms with E-state index in [1.807, 2.05) is 0 Å². The Morgan fingerprint density at radius 1 is 1.19 bits per heavy atom. The van der Waals surface area contributed by atoms with Gasteiger partial charge in [-0.3, -0.25) is 4.79 Å². The Morgan fingerprint density at radius 2 is 1.95 bits per heavy atom. The molecule has 0 saturated carbocycles. The van der Waals surface area contributed by atoms with Gasteiger partial charge >= 0.3 is 5.97 Å². The molecule has 0 aliphatic heterocycles. The molecule has 0 saturated heterocycles. The third-order valence-electron chi connectivity index (χ3n) is 2.54. The van der Waals surface area contributed by atoms with Crippen LogP contribution in [0.4, 0.5) is 5.69 Å². The first kappa shape index (κ1) is 14.9. The van der Waals surface area contributed by atoms with Crippen LogP contribution in [0.1, 0.15) is 27.8 Å². The van der Waals surface area contributed by atoms with Gasteiger partial charge in [-0.2, -0.15) is 0 Å². The maximum Gasteiger partial charge on any atom is 0.340 e. The predicted molar refractivity (Wildman–Crippen MR) is 77.4 cm³/mol. The van der Waals surface area contributed by atoms with Crippen molar-refractivity contribution in [2.75, 3.05) is 11.9 Å². The van der Waals surface area contributed by atoms with E-state index >= 15 is 0 Å². The summed E-state index contributed by atoms with van der Waals surface area (Å²) in [6.07, 6.45) is 0. The van der Waals surface area contributed by atoms with Crippen molar-refractivity contribution in [2.45, 2.75) is 6.92 Å². The molecule has 0 radical (unpaired) electrons. The zero-order chi connectivity index (χ0) is 15.2. The van der Waals surface area contributed by atoms with Crippen molar-refractivity contribution in [3.8, 4) is 0 Å². The number of halogens is 1. The van der Waals surface area contributed by atoms with Gasteiger partial charge in [-0.1, -0.05) is 23.7 Å². The first-order valence-corrected chi connectivity index (χ1v) is 6.56. The highest BCUT2D eigenvalue weighted by Crippen LogP contribution is 2.17. The highest BCUT2D eigenvalue weighted by Gasteiger charge is 2.15. The van der Waals surface area contributed by atoms with Crippen molar-refractivity contribution in [1.82, 2.24) is 10.2 Å². The van der Waals surface area contributed by atoms with Gasteiger partial charge in [-0.25, -0.2) is 4.79 Å². The molecular weight excluding hydrogens is 294 g/mol. The number of anilines is 1. The molecule has 2 aromatic rings. The van der Waals surface area contributed by atoms with Crippen LogP contribution < -0.4 is 5.32 Å². The molecule has 0 spiro atoms. The second kappa shape index (κ2) is 6.81. The second-order valence-corrected chi connectivity index (χ2v) is 4.35. The van der Waals surface area contributed by atoms with Crippen LogP contribution >= 0.6 is 11.6 Å². The molecule has 7 heteroatoms. The molecule has 0 unspecified atom stereocenters. The summed E-state index contributed by atoms with van der Waals surface area (Å²) in [5, 5.41) is 10.1. The van der Waals surface area contributed by atoms with Crippen LogP contribution in [-0.4, -0.2) is 28.7 Å². The Morgan fingerprint density at radius 3 is 2.62 bits per heavy atom. The predicted octanol–water partition coefficient (Wildman–Crippen LogP) is 2.56. The maximum atomic E-state index is 12.0. The minimum Gasteiger partial charge on any atom is -0.462 e. The van der Waals surface area contributed by atoms with E-state index in [4.69, 9.17) is 16.3 Å². The second-order valence-electron chi connectivity index (χ2n) is 3.96. The lowest BCUT2D eigenvalue weighted by molar-refractivity contribution is 0.0527. The van der Waals surface area contributed by atoms with Gasteiger partial charge in [-0.15, -0.1) is 10.2 Å². The van der Waals surface area contributed by atoms with Gasteiger partial charge in [0.1, 0.15) is 0 Å². The van der Waals surface area contributed by atoms with Crippen LogP contribution in [0.25, 0.3) is 0 Å². The smallest absolute Gasteiger partial charge is 0.340 e. The van der Waals surface area contributed by atoms with Crippen molar-refractivity contribution in [3.63, 3.8) is 0 Å². The number of nitrogens with zero attached hydrogens (tertiary/aromatic N) is 2. The SMILES string of the molecule is CCOC(=O)c1ccccc1NC(=O)c1ccc(Cl)nn1. The molecule has 21 heavy (non-hydrogen) atoms. The van der Waals surface area contributed by atoms with E-state index in [0.717, 1.165) is 0 Å². The number of esters is 1. The molecule has 0 atom stereocenters. The zero-order valence-electron chi connectivity index (χ0n) is 11.2. The minimum atomic E-state index is -0.504. The number of rotatable bonds is 4. The lowest BCUT2D eigenvalue weighted by atomic mass is 10.1. The van der Waals surface area contributed by atoms with Crippen molar-refractivity contribution >= 4 is 29.2 Å². The van der Waals surface area contributed by atoms with E-state index in [1.165, 1.54) is 12.1 Å². The fourth-order valence-corrected chi connectivity index (χ4v) is 1.70. The van der Waals surface area contributed by atoms with E-state index in [2.05, 4.69) is 15.5 Å². The van der Waals surface area contributed by atoms with E-state index in [9.17, 15) is 9.59 Å². The summed E-state index contributed by atoms with van der Waals surface area (Å²) in [6, 6.07) is 9.46. The number of amides is 1. The summed E-state index contributed by atoms with van der Waals surface area (Å²) in [5.41, 5.74) is 0.713. The van der Waals surface area contributed by atoms with Crippen LogP contribution in [0.5, 0.6) is 0 Å². The molecule has 108 valence electrons. The van der Waals surface area contributed by atoms with Gasteiger partial charge in [0.05, 0.1) is 17.9 Å². The number of carbonyl (C=O) groups excluding carboxylic acids is 2. The summed E-state index contributed by atoms with van der Waals surface area (Å²) in [4.78, 5) is 23.9. The number of aromatic nitrogens is 2. The lowest BCUT2D eigenvalue weighted by Crippen LogP contribution is -2.17. The number of hydrogen-bond donors (Lipinski definition) is 1. The molecule has 0 aliphatic carbocycles. The zero-order valence-corrected chi connectivity index (χ0v) is 11.9. The van der Waals surface area contributed by atoms with Crippen LogP contribution in [0.2, 0.25) is 5.15 Å². The molecule has 2 rings (SSSR count). The molecule has 0 fully saturated rings. The van der Waals surface area contributed by atoms with Crippen molar-refractivity contribution in [3.05, 3.63) is 52.8 Å². The maximum absolute atomic E-state index is 12.0. The van der Waals surface area contributed by atoms with E-state index in [0.29, 0.717) is 5.69 Å². The van der Waals surface area contributed by atoms with E-state index < -0.39 is 11.9 Å². The summed E-state index contributed by atoms with van der Waals surface area (Å²) in [6.45, 7) is 1.96. The van der Waals surface area contributed by atoms with Gasteiger partial charge < -0.3 is 10.1 Å². The number of para-hydroxylation sites is 1. The molecule has 1 heterocycles. The Bertz CT molecular complexity index is 659. The van der Waals surface area contributed by atoms with Crippen LogP contribution in [-0.2, 0) is 4.74 Å². The Hall–Kier alpha value is -2.47. The molecular formula is C14H12ClN3O3. The number of hydrogen-bond acceptors (Lipinski definition) is 5. The molecule has 1 aromatic carbocycles. The van der Waals surface area contributed by atoms with Gasteiger partial charge in [0.2, 0.25) is 0 Å². The van der Waals surface area contributed by atoms with Crippen LogP contribution in [0.3, 0.4) is 0 Å². The minimum absolute atomic E-state index is 0.0954. The van der Waals surface area contributed by atoms with Crippen molar-refractivity contribution in [1.29, 1.82) is 0 Å². The third kappa shape index (κ3) is 3.76. The summed E-state index contributed by atoms with van der Waals surface area (Å²) < 4.78 is 4.94. The monoisotopic (exact) mass is 305 g/mol. The standard InChI is InChI=1S/C14H12ClN3O3/c1-2-21-14(20)9-5-3-4-6-10(9)16-13(19)11-7-8-12(15)18-17-11/h3-8H,2H2,1H3,(H,16,19). The van der Waals surface area contributed by atoms with Crippen molar-refractivity contribution in [2.24, 2.45) is 0 Å².